The zero-order valence-electron chi connectivity index (χ0n) is 14.2. The van der Waals surface area contributed by atoms with Crippen molar-refractivity contribution in [3.8, 4) is 11.4 Å². The van der Waals surface area contributed by atoms with Gasteiger partial charge in [-0.3, -0.25) is 4.79 Å². The zero-order valence-corrected chi connectivity index (χ0v) is 15.8. The Bertz CT molecular complexity index is 967. The Balaban J connectivity index is 1.94. The van der Waals surface area contributed by atoms with E-state index in [0.29, 0.717) is 33.1 Å². The van der Waals surface area contributed by atoms with Crippen LogP contribution in [0.25, 0.3) is 5.69 Å². The van der Waals surface area contributed by atoms with Crippen LogP contribution in [0.3, 0.4) is 0 Å². The number of anilines is 1. The van der Waals surface area contributed by atoms with Crippen LogP contribution in [0.4, 0.5) is 5.82 Å². The average molecular weight is 392 g/mol. The van der Waals surface area contributed by atoms with Crippen molar-refractivity contribution in [2.24, 2.45) is 0 Å². The van der Waals surface area contributed by atoms with Crippen LogP contribution < -0.4 is 10.1 Å². The second-order valence-corrected chi connectivity index (χ2v) is 6.24. The zero-order chi connectivity index (χ0) is 18.8. The number of methoxy groups -OCH3 is 1. The first-order valence-corrected chi connectivity index (χ1v) is 8.37. The summed E-state index contributed by atoms with van der Waals surface area (Å²) < 4.78 is 6.64. The van der Waals surface area contributed by atoms with Gasteiger partial charge in [0.2, 0.25) is 5.82 Å². The molecule has 0 radical (unpaired) electrons. The molecule has 0 saturated heterocycles. The van der Waals surface area contributed by atoms with E-state index in [9.17, 15) is 4.79 Å². The van der Waals surface area contributed by atoms with E-state index in [2.05, 4.69) is 20.4 Å². The molecule has 0 aliphatic rings. The summed E-state index contributed by atoms with van der Waals surface area (Å²) in [6.07, 6.45) is 0. The molecule has 7 nitrogen and oxygen atoms in total. The lowest BCUT2D eigenvalue weighted by molar-refractivity contribution is 0.101. The summed E-state index contributed by atoms with van der Waals surface area (Å²) in [7, 11) is 1.50. The Morgan fingerprint density at radius 2 is 1.81 bits per heavy atom. The minimum atomic E-state index is -0.522. The standard InChI is InChI=1S/C17H15Cl2N5O2/c1-9-7-8-13(26-3)15(20-9)22-17(25)16-21-10(2)24(23-16)14-11(18)5-4-6-12(14)19/h4-8H,1-3H3,(H,20,22,25). The Kier molecular flexibility index (Phi) is 5.11. The first kappa shape index (κ1) is 18.2. The molecule has 26 heavy (non-hydrogen) atoms. The predicted molar refractivity (Wildman–Crippen MR) is 99.6 cm³/mol. The molecule has 2 aromatic heterocycles. The molecule has 0 bridgehead atoms. The van der Waals surface area contributed by atoms with Crippen molar-refractivity contribution in [3.05, 3.63) is 57.7 Å². The van der Waals surface area contributed by atoms with Gasteiger partial charge in [-0.1, -0.05) is 29.3 Å². The summed E-state index contributed by atoms with van der Waals surface area (Å²) in [6.45, 7) is 3.51. The highest BCUT2D eigenvalue weighted by Crippen LogP contribution is 2.28. The number of benzene rings is 1. The molecule has 0 atom stereocenters. The molecular formula is C17H15Cl2N5O2. The number of halogens is 2. The maximum absolute atomic E-state index is 12.5. The second kappa shape index (κ2) is 7.31. The first-order valence-electron chi connectivity index (χ1n) is 7.61. The molecule has 0 saturated carbocycles. The van der Waals surface area contributed by atoms with E-state index in [0.717, 1.165) is 5.69 Å². The number of nitrogens with zero attached hydrogens (tertiary/aromatic N) is 4. The van der Waals surface area contributed by atoms with Gasteiger partial charge >= 0.3 is 0 Å². The number of hydrogen-bond acceptors (Lipinski definition) is 5. The number of aromatic nitrogens is 4. The van der Waals surface area contributed by atoms with Gasteiger partial charge in [0.1, 0.15) is 11.5 Å². The van der Waals surface area contributed by atoms with Crippen LogP contribution in [0.5, 0.6) is 5.75 Å². The molecule has 9 heteroatoms. The normalized spacial score (nSPS) is 10.7. The monoisotopic (exact) mass is 391 g/mol. The number of ether oxygens (including phenoxy) is 1. The Hall–Kier alpha value is -2.64. The number of pyridine rings is 1. The van der Waals surface area contributed by atoms with Crippen LogP contribution in [0, 0.1) is 13.8 Å². The molecule has 0 spiro atoms. The lowest BCUT2D eigenvalue weighted by Gasteiger charge is -2.08. The van der Waals surface area contributed by atoms with Crippen LogP contribution in [0.2, 0.25) is 10.0 Å². The molecule has 3 aromatic rings. The van der Waals surface area contributed by atoms with E-state index in [1.54, 1.807) is 37.3 Å². The van der Waals surface area contributed by atoms with Crippen molar-refractivity contribution in [2.75, 3.05) is 12.4 Å². The number of hydrogen-bond donors (Lipinski definition) is 1. The fraction of sp³-hybridized carbons (Fsp3) is 0.176. The number of rotatable bonds is 4. The van der Waals surface area contributed by atoms with Crippen molar-refractivity contribution in [1.82, 2.24) is 19.7 Å². The number of aryl methyl sites for hydroxylation is 2. The van der Waals surface area contributed by atoms with Crippen molar-refractivity contribution >= 4 is 34.9 Å². The summed E-state index contributed by atoms with van der Waals surface area (Å²) in [5, 5.41) is 7.70. The van der Waals surface area contributed by atoms with Crippen LogP contribution in [-0.4, -0.2) is 32.8 Å². The van der Waals surface area contributed by atoms with Crippen LogP contribution in [-0.2, 0) is 0 Å². The molecule has 2 heterocycles. The number of carbonyl (C=O) groups is 1. The van der Waals surface area contributed by atoms with E-state index in [4.69, 9.17) is 27.9 Å². The maximum Gasteiger partial charge on any atom is 0.296 e. The average Bonchev–Trinajstić information content (AvgIpc) is 2.97. The van der Waals surface area contributed by atoms with E-state index < -0.39 is 5.91 Å². The Morgan fingerprint density at radius 3 is 2.46 bits per heavy atom. The third-order valence-electron chi connectivity index (χ3n) is 3.57. The Labute approximate surface area is 159 Å². The molecule has 0 fully saturated rings. The highest BCUT2D eigenvalue weighted by Gasteiger charge is 2.20. The molecule has 1 N–H and O–H groups in total. The van der Waals surface area contributed by atoms with E-state index in [1.165, 1.54) is 11.8 Å². The van der Waals surface area contributed by atoms with Gasteiger partial charge in [0.25, 0.3) is 5.91 Å². The quantitative estimate of drug-likeness (QED) is 0.730. The molecule has 0 aliphatic heterocycles. The van der Waals surface area contributed by atoms with Gasteiger partial charge in [0, 0.05) is 5.69 Å². The van der Waals surface area contributed by atoms with Gasteiger partial charge in [0.15, 0.2) is 11.6 Å². The lowest BCUT2D eigenvalue weighted by atomic mass is 10.3. The highest BCUT2D eigenvalue weighted by molar-refractivity contribution is 6.37. The van der Waals surface area contributed by atoms with E-state index in [1.807, 2.05) is 6.92 Å². The summed E-state index contributed by atoms with van der Waals surface area (Å²) in [5.74, 6) is 0.640. The van der Waals surface area contributed by atoms with Crippen molar-refractivity contribution in [3.63, 3.8) is 0 Å². The van der Waals surface area contributed by atoms with Crippen LogP contribution in [0.1, 0.15) is 22.1 Å². The predicted octanol–water partition coefficient (Wildman–Crippen LogP) is 3.85. The van der Waals surface area contributed by atoms with Gasteiger partial charge in [0.05, 0.1) is 17.2 Å². The summed E-state index contributed by atoms with van der Waals surface area (Å²) in [5.41, 5.74) is 1.20. The smallest absolute Gasteiger partial charge is 0.296 e. The summed E-state index contributed by atoms with van der Waals surface area (Å²) in [4.78, 5) is 21.0. The van der Waals surface area contributed by atoms with E-state index >= 15 is 0 Å². The lowest BCUT2D eigenvalue weighted by Crippen LogP contribution is -2.16. The van der Waals surface area contributed by atoms with Crippen molar-refractivity contribution in [1.29, 1.82) is 0 Å². The molecule has 0 unspecified atom stereocenters. The molecule has 1 amide bonds. The molecule has 134 valence electrons. The van der Waals surface area contributed by atoms with Crippen LogP contribution >= 0.6 is 23.2 Å². The van der Waals surface area contributed by atoms with Crippen LogP contribution in [0.15, 0.2) is 30.3 Å². The topological polar surface area (TPSA) is 81.9 Å². The number of para-hydroxylation sites is 1. The SMILES string of the molecule is COc1ccc(C)nc1NC(=O)c1nc(C)n(-c2c(Cl)cccc2Cl)n1. The number of amides is 1. The van der Waals surface area contributed by atoms with E-state index in [-0.39, 0.29) is 5.82 Å². The second-order valence-electron chi connectivity index (χ2n) is 5.42. The van der Waals surface area contributed by atoms with Gasteiger partial charge < -0.3 is 10.1 Å². The minimum absolute atomic E-state index is 0.0381. The third kappa shape index (κ3) is 3.49. The van der Waals surface area contributed by atoms with Gasteiger partial charge in [-0.05, 0) is 38.1 Å². The molecule has 3 rings (SSSR count). The Morgan fingerprint density at radius 1 is 1.12 bits per heavy atom. The van der Waals surface area contributed by atoms with Gasteiger partial charge in [-0.25, -0.2) is 14.6 Å². The first-order chi connectivity index (χ1) is 12.4. The fourth-order valence-electron chi connectivity index (χ4n) is 2.35. The fourth-order valence-corrected chi connectivity index (χ4v) is 2.91. The number of carbonyl (C=O) groups excluding carboxylic acids is 1. The molecular weight excluding hydrogens is 377 g/mol. The summed E-state index contributed by atoms with van der Waals surface area (Å²) in [6, 6.07) is 8.60. The highest BCUT2D eigenvalue weighted by atomic mass is 35.5. The summed E-state index contributed by atoms with van der Waals surface area (Å²) >= 11 is 12.4. The van der Waals surface area contributed by atoms with Crippen molar-refractivity contribution < 1.29 is 9.53 Å². The van der Waals surface area contributed by atoms with Gasteiger partial charge in [-0.2, -0.15) is 0 Å². The van der Waals surface area contributed by atoms with Crippen molar-refractivity contribution in [2.45, 2.75) is 13.8 Å². The molecule has 1 aromatic carbocycles. The third-order valence-corrected chi connectivity index (χ3v) is 4.18. The molecule has 0 aliphatic carbocycles. The number of nitrogens with one attached hydrogen (secondary N) is 1. The van der Waals surface area contributed by atoms with Gasteiger partial charge in [-0.15, -0.1) is 5.10 Å². The largest absolute Gasteiger partial charge is 0.493 e. The maximum atomic E-state index is 12.5. The minimum Gasteiger partial charge on any atom is -0.493 e.